The average Bonchev–Trinajstić information content (AvgIpc) is 2.45. The summed E-state index contributed by atoms with van der Waals surface area (Å²) in [5.41, 5.74) is 0. The molecule has 3 heteroatoms. The van der Waals surface area contributed by atoms with Crippen LogP contribution < -0.4 is 0 Å². The fourth-order valence-electron chi connectivity index (χ4n) is 0.571. The van der Waals surface area contributed by atoms with Gasteiger partial charge >= 0.3 is 0 Å². The van der Waals surface area contributed by atoms with Gasteiger partial charge in [0.1, 0.15) is 6.61 Å². The van der Waals surface area contributed by atoms with E-state index in [1.54, 1.807) is 0 Å². The van der Waals surface area contributed by atoms with E-state index in [0.29, 0.717) is 18.9 Å². The van der Waals surface area contributed by atoms with E-state index >= 15 is 0 Å². The van der Waals surface area contributed by atoms with Crippen molar-refractivity contribution in [3.05, 3.63) is 0 Å². The van der Waals surface area contributed by atoms with E-state index in [1.807, 2.05) is 0 Å². The van der Waals surface area contributed by atoms with Crippen LogP contribution in [0.25, 0.3) is 0 Å². The molecule has 0 bridgehead atoms. The molecule has 0 amide bonds. The first kappa shape index (κ1) is 6.33. The molecule has 1 N–H and O–H groups in total. The number of halogens is 1. The lowest BCUT2D eigenvalue weighted by atomic mass is 10.2. The predicted octanol–water partition coefficient (Wildman–Crippen LogP) is 0.724. The summed E-state index contributed by atoms with van der Waals surface area (Å²) in [5.74, 6) is -0.180. The lowest BCUT2D eigenvalue weighted by Gasteiger charge is -1.98. The standard InChI is InChI=1S/C5H9ClO2/c6-3-1-2-5(7)4-8-5/h7H,1-4H2. The molecule has 1 unspecified atom stereocenters. The minimum atomic E-state index is -0.783. The first-order valence-corrected chi connectivity index (χ1v) is 3.23. The smallest absolute Gasteiger partial charge is 0.189 e. The molecular formula is C5H9ClO2. The van der Waals surface area contributed by atoms with Gasteiger partial charge in [0.05, 0.1) is 0 Å². The average molecular weight is 137 g/mol. The Hall–Kier alpha value is 0.210. The molecule has 1 aliphatic heterocycles. The summed E-state index contributed by atoms with van der Waals surface area (Å²) < 4.78 is 4.69. The van der Waals surface area contributed by atoms with Gasteiger partial charge in [0.2, 0.25) is 0 Å². The quantitative estimate of drug-likeness (QED) is 0.458. The van der Waals surface area contributed by atoms with Crippen LogP contribution in [-0.2, 0) is 4.74 Å². The Labute approximate surface area is 53.4 Å². The zero-order chi connectivity index (χ0) is 6.04. The molecule has 1 rings (SSSR count). The van der Waals surface area contributed by atoms with Gasteiger partial charge in [-0.1, -0.05) is 0 Å². The zero-order valence-corrected chi connectivity index (χ0v) is 5.32. The summed E-state index contributed by atoms with van der Waals surface area (Å²) >= 11 is 5.37. The van der Waals surface area contributed by atoms with Crippen LogP contribution in [0.1, 0.15) is 12.8 Å². The van der Waals surface area contributed by atoms with Gasteiger partial charge in [-0.2, -0.15) is 0 Å². The second-order valence-electron chi connectivity index (χ2n) is 2.03. The largest absolute Gasteiger partial charge is 0.364 e. The molecule has 1 fully saturated rings. The van der Waals surface area contributed by atoms with E-state index in [-0.39, 0.29) is 0 Å². The van der Waals surface area contributed by atoms with Crippen LogP contribution in [0, 0.1) is 0 Å². The molecule has 1 saturated heterocycles. The van der Waals surface area contributed by atoms with Crippen molar-refractivity contribution in [1.82, 2.24) is 0 Å². The Morgan fingerprint density at radius 2 is 2.38 bits per heavy atom. The van der Waals surface area contributed by atoms with Crippen molar-refractivity contribution in [2.45, 2.75) is 18.6 Å². The Bertz CT molecular complexity index is 80.5. The molecule has 48 valence electrons. The van der Waals surface area contributed by atoms with Crippen LogP contribution >= 0.6 is 11.6 Å². The second-order valence-corrected chi connectivity index (χ2v) is 2.41. The van der Waals surface area contributed by atoms with Gasteiger partial charge < -0.3 is 9.84 Å². The van der Waals surface area contributed by atoms with E-state index in [1.165, 1.54) is 0 Å². The minimum Gasteiger partial charge on any atom is -0.364 e. The summed E-state index contributed by atoms with van der Waals surface area (Å²) in [6, 6.07) is 0. The highest BCUT2D eigenvalue weighted by atomic mass is 35.5. The third-order valence-corrected chi connectivity index (χ3v) is 1.45. The Kier molecular flexibility index (Phi) is 1.75. The van der Waals surface area contributed by atoms with E-state index in [9.17, 15) is 0 Å². The highest BCUT2D eigenvalue weighted by molar-refractivity contribution is 6.17. The Morgan fingerprint density at radius 1 is 1.75 bits per heavy atom. The predicted molar refractivity (Wildman–Crippen MR) is 30.9 cm³/mol. The number of aliphatic hydroxyl groups is 1. The number of rotatable bonds is 3. The third-order valence-electron chi connectivity index (χ3n) is 1.18. The Balaban J connectivity index is 2.01. The maximum Gasteiger partial charge on any atom is 0.189 e. The molecule has 0 aliphatic carbocycles. The first-order chi connectivity index (χ1) is 3.77. The highest BCUT2D eigenvalue weighted by Crippen LogP contribution is 2.28. The second kappa shape index (κ2) is 2.21. The fourth-order valence-corrected chi connectivity index (χ4v) is 0.704. The molecule has 0 aromatic rings. The number of ether oxygens (including phenoxy) is 1. The number of hydrogen-bond donors (Lipinski definition) is 1. The SMILES string of the molecule is OC1(CCCCl)CO1. The monoisotopic (exact) mass is 136 g/mol. The van der Waals surface area contributed by atoms with E-state index in [2.05, 4.69) is 0 Å². The lowest BCUT2D eigenvalue weighted by Crippen LogP contribution is -2.08. The number of epoxide rings is 1. The molecule has 1 aliphatic rings. The van der Waals surface area contributed by atoms with Crippen molar-refractivity contribution >= 4 is 11.6 Å². The molecular weight excluding hydrogens is 128 g/mol. The molecule has 1 heterocycles. The lowest BCUT2D eigenvalue weighted by molar-refractivity contribution is 0.0285. The van der Waals surface area contributed by atoms with Gasteiger partial charge in [0, 0.05) is 12.3 Å². The molecule has 0 spiro atoms. The maximum absolute atomic E-state index is 8.98. The van der Waals surface area contributed by atoms with Crippen molar-refractivity contribution < 1.29 is 9.84 Å². The molecule has 0 aromatic carbocycles. The fraction of sp³-hybridized carbons (Fsp3) is 1.00. The zero-order valence-electron chi connectivity index (χ0n) is 4.56. The van der Waals surface area contributed by atoms with Crippen LogP contribution in [0.3, 0.4) is 0 Å². The number of hydrogen-bond acceptors (Lipinski definition) is 2. The molecule has 0 aromatic heterocycles. The normalized spacial score (nSPS) is 35.2. The summed E-state index contributed by atoms with van der Waals surface area (Å²) in [6.07, 6.45) is 1.51. The van der Waals surface area contributed by atoms with Crippen molar-refractivity contribution in [2.24, 2.45) is 0 Å². The van der Waals surface area contributed by atoms with Crippen LogP contribution in [0.4, 0.5) is 0 Å². The number of alkyl halides is 1. The van der Waals surface area contributed by atoms with E-state index < -0.39 is 5.79 Å². The maximum atomic E-state index is 8.98. The summed E-state index contributed by atoms with van der Waals surface area (Å²) in [6.45, 7) is 0.490. The molecule has 0 radical (unpaired) electrons. The van der Waals surface area contributed by atoms with Gasteiger partial charge in [-0.3, -0.25) is 0 Å². The summed E-state index contributed by atoms with van der Waals surface area (Å²) in [5, 5.41) is 8.98. The van der Waals surface area contributed by atoms with Crippen LogP contribution in [-0.4, -0.2) is 23.4 Å². The van der Waals surface area contributed by atoms with Crippen molar-refractivity contribution in [1.29, 1.82) is 0 Å². The third kappa shape index (κ3) is 1.62. The molecule has 0 saturated carbocycles. The topological polar surface area (TPSA) is 32.8 Å². The summed E-state index contributed by atoms with van der Waals surface area (Å²) in [7, 11) is 0. The van der Waals surface area contributed by atoms with Gasteiger partial charge in [-0.25, -0.2) is 0 Å². The van der Waals surface area contributed by atoms with Gasteiger partial charge in [0.25, 0.3) is 0 Å². The van der Waals surface area contributed by atoms with Crippen molar-refractivity contribution in [3.8, 4) is 0 Å². The van der Waals surface area contributed by atoms with Gasteiger partial charge in [-0.15, -0.1) is 11.6 Å². The van der Waals surface area contributed by atoms with Crippen LogP contribution in [0.15, 0.2) is 0 Å². The molecule has 8 heavy (non-hydrogen) atoms. The van der Waals surface area contributed by atoms with E-state index in [0.717, 1.165) is 6.42 Å². The minimum absolute atomic E-state index is 0.490. The van der Waals surface area contributed by atoms with Crippen molar-refractivity contribution in [2.75, 3.05) is 12.5 Å². The Morgan fingerprint density at radius 3 is 2.75 bits per heavy atom. The van der Waals surface area contributed by atoms with Gasteiger partial charge in [0.15, 0.2) is 5.79 Å². The molecule has 1 atom stereocenters. The summed E-state index contributed by atoms with van der Waals surface area (Å²) in [4.78, 5) is 0. The van der Waals surface area contributed by atoms with Crippen LogP contribution in [0.2, 0.25) is 0 Å². The highest BCUT2D eigenvalue weighted by Gasteiger charge is 2.41. The van der Waals surface area contributed by atoms with Gasteiger partial charge in [-0.05, 0) is 6.42 Å². The molecule has 2 nitrogen and oxygen atoms in total. The van der Waals surface area contributed by atoms with Crippen LogP contribution in [0.5, 0.6) is 0 Å². The van der Waals surface area contributed by atoms with E-state index in [4.69, 9.17) is 21.4 Å². The first-order valence-electron chi connectivity index (χ1n) is 2.69. The van der Waals surface area contributed by atoms with Crippen molar-refractivity contribution in [3.63, 3.8) is 0 Å².